The van der Waals surface area contributed by atoms with Crippen LogP contribution in [0.25, 0.3) is 0 Å². The first-order chi connectivity index (χ1) is 6.86. The second-order valence-corrected chi connectivity index (χ2v) is 5.73. The lowest BCUT2D eigenvalue weighted by atomic mass is 9.80. The molecule has 3 N–H and O–H groups in total. The van der Waals surface area contributed by atoms with Gasteiger partial charge in [-0.2, -0.15) is 0 Å². The van der Waals surface area contributed by atoms with Gasteiger partial charge in [-0.25, -0.2) is 0 Å². The Labute approximate surface area is 93.5 Å². The van der Waals surface area contributed by atoms with E-state index in [2.05, 4.69) is 32.6 Å². The number of nitrogens with two attached hydrogens (primary N) is 1. The van der Waals surface area contributed by atoms with Crippen LogP contribution in [0.1, 0.15) is 40.5 Å². The molecule has 0 radical (unpaired) electrons. The van der Waals surface area contributed by atoms with Crippen molar-refractivity contribution in [3.8, 4) is 0 Å². The molecule has 0 aromatic carbocycles. The summed E-state index contributed by atoms with van der Waals surface area (Å²) in [5.74, 6) is 1.07. The first kappa shape index (κ1) is 12.5. The third-order valence-corrected chi connectivity index (χ3v) is 3.63. The number of amidine groups is 1. The Bertz CT molecular complexity index is 230. The van der Waals surface area contributed by atoms with E-state index in [-0.39, 0.29) is 6.04 Å². The molecule has 3 heteroatoms. The van der Waals surface area contributed by atoms with Gasteiger partial charge in [-0.15, -0.1) is 0 Å². The SMILES string of the molecule is CCC(C(=N)N)N1CCC(C(C)(C)C)C1. The van der Waals surface area contributed by atoms with E-state index in [0.29, 0.717) is 11.3 Å². The van der Waals surface area contributed by atoms with E-state index < -0.39 is 0 Å². The van der Waals surface area contributed by atoms with Gasteiger partial charge in [0.15, 0.2) is 0 Å². The van der Waals surface area contributed by atoms with Crippen molar-refractivity contribution in [3.05, 3.63) is 0 Å². The normalized spacial score (nSPS) is 25.5. The number of nitrogens with one attached hydrogen (secondary N) is 1. The molecule has 1 aliphatic heterocycles. The molecule has 0 bridgehead atoms. The molecule has 0 saturated carbocycles. The van der Waals surface area contributed by atoms with Crippen molar-refractivity contribution in [1.29, 1.82) is 5.41 Å². The molecule has 1 fully saturated rings. The Morgan fingerprint density at radius 3 is 2.47 bits per heavy atom. The van der Waals surface area contributed by atoms with Crippen molar-refractivity contribution < 1.29 is 0 Å². The zero-order valence-electron chi connectivity index (χ0n) is 10.5. The molecule has 1 saturated heterocycles. The van der Waals surface area contributed by atoms with Gasteiger partial charge in [-0.05, 0) is 30.7 Å². The van der Waals surface area contributed by atoms with Crippen LogP contribution in [-0.4, -0.2) is 29.9 Å². The lowest BCUT2D eigenvalue weighted by molar-refractivity contribution is 0.215. The van der Waals surface area contributed by atoms with Crippen LogP contribution in [-0.2, 0) is 0 Å². The predicted molar refractivity (Wildman–Crippen MR) is 65.1 cm³/mol. The van der Waals surface area contributed by atoms with Gasteiger partial charge in [0.2, 0.25) is 0 Å². The van der Waals surface area contributed by atoms with Crippen LogP contribution >= 0.6 is 0 Å². The summed E-state index contributed by atoms with van der Waals surface area (Å²) in [6.45, 7) is 11.2. The van der Waals surface area contributed by atoms with Crippen LogP contribution < -0.4 is 5.73 Å². The van der Waals surface area contributed by atoms with Gasteiger partial charge >= 0.3 is 0 Å². The highest BCUT2D eigenvalue weighted by molar-refractivity contribution is 5.82. The van der Waals surface area contributed by atoms with Crippen molar-refractivity contribution >= 4 is 5.84 Å². The van der Waals surface area contributed by atoms with Crippen LogP contribution in [0.15, 0.2) is 0 Å². The summed E-state index contributed by atoms with van der Waals surface area (Å²) in [4.78, 5) is 2.37. The minimum Gasteiger partial charge on any atom is -0.386 e. The third-order valence-electron chi connectivity index (χ3n) is 3.63. The maximum atomic E-state index is 7.57. The summed E-state index contributed by atoms with van der Waals surface area (Å²) in [7, 11) is 0. The summed E-state index contributed by atoms with van der Waals surface area (Å²) in [5.41, 5.74) is 6.00. The van der Waals surface area contributed by atoms with Gasteiger partial charge in [0.1, 0.15) is 5.84 Å². The van der Waals surface area contributed by atoms with Gasteiger partial charge < -0.3 is 5.73 Å². The first-order valence-electron chi connectivity index (χ1n) is 5.94. The molecule has 0 aliphatic carbocycles. The largest absolute Gasteiger partial charge is 0.386 e. The van der Waals surface area contributed by atoms with E-state index in [4.69, 9.17) is 11.1 Å². The molecule has 0 spiro atoms. The first-order valence-corrected chi connectivity index (χ1v) is 5.94. The van der Waals surface area contributed by atoms with Gasteiger partial charge in [0.05, 0.1) is 6.04 Å². The molecule has 2 atom stereocenters. The number of hydrogen-bond donors (Lipinski definition) is 2. The van der Waals surface area contributed by atoms with E-state index >= 15 is 0 Å². The number of likely N-dealkylation sites (tertiary alicyclic amines) is 1. The molecule has 0 amide bonds. The molecule has 0 aromatic heterocycles. The van der Waals surface area contributed by atoms with Crippen LogP contribution in [0.5, 0.6) is 0 Å². The van der Waals surface area contributed by atoms with E-state index in [1.165, 1.54) is 6.42 Å². The minimum atomic E-state index is 0.164. The zero-order chi connectivity index (χ0) is 11.6. The Morgan fingerprint density at radius 1 is 1.53 bits per heavy atom. The molecule has 1 heterocycles. The third kappa shape index (κ3) is 2.94. The Hall–Kier alpha value is -0.570. The molecule has 88 valence electrons. The van der Waals surface area contributed by atoms with Crippen LogP contribution in [0.2, 0.25) is 0 Å². The molecule has 15 heavy (non-hydrogen) atoms. The zero-order valence-corrected chi connectivity index (χ0v) is 10.5. The highest BCUT2D eigenvalue weighted by Gasteiger charge is 2.34. The smallest absolute Gasteiger partial charge is 0.108 e. The summed E-state index contributed by atoms with van der Waals surface area (Å²) < 4.78 is 0. The van der Waals surface area contributed by atoms with E-state index in [9.17, 15) is 0 Å². The molecule has 3 nitrogen and oxygen atoms in total. The fourth-order valence-corrected chi connectivity index (χ4v) is 2.45. The molecule has 2 unspecified atom stereocenters. The number of rotatable bonds is 3. The highest BCUT2D eigenvalue weighted by atomic mass is 15.2. The second-order valence-electron chi connectivity index (χ2n) is 5.73. The molecule has 0 aromatic rings. The lowest BCUT2D eigenvalue weighted by Crippen LogP contribution is -2.43. The summed E-state index contributed by atoms with van der Waals surface area (Å²) in [6.07, 6.45) is 2.19. The highest BCUT2D eigenvalue weighted by Crippen LogP contribution is 2.34. The van der Waals surface area contributed by atoms with Crippen molar-refractivity contribution in [1.82, 2.24) is 4.90 Å². The molecule has 1 aliphatic rings. The van der Waals surface area contributed by atoms with E-state index in [1.54, 1.807) is 0 Å². The number of nitrogens with zero attached hydrogens (tertiary/aromatic N) is 1. The van der Waals surface area contributed by atoms with Crippen molar-refractivity contribution in [2.24, 2.45) is 17.1 Å². The molecular weight excluding hydrogens is 186 g/mol. The van der Waals surface area contributed by atoms with Gasteiger partial charge in [0.25, 0.3) is 0 Å². The molecular formula is C12H25N3. The van der Waals surface area contributed by atoms with Crippen LogP contribution in [0.4, 0.5) is 0 Å². The van der Waals surface area contributed by atoms with Gasteiger partial charge in [-0.3, -0.25) is 10.3 Å². The monoisotopic (exact) mass is 211 g/mol. The summed E-state index contributed by atoms with van der Waals surface area (Å²) in [5, 5.41) is 7.57. The predicted octanol–water partition coefficient (Wildman–Crippen LogP) is 2.07. The lowest BCUT2D eigenvalue weighted by Gasteiger charge is -2.29. The van der Waals surface area contributed by atoms with Crippen LogP contribution in [0, 0.1) is 16.7 Å². The number of hydrogen-bond acceptors (Lipinski definition) is 2. The molecule has 1 rings (SSSR count). The van der Waals surface area contributed by atoms with Crippen LogP contribution in [0.3, 0.4) is 0 Å². The van der Waals surface area contributed by atoms with Gasteiger partial charge in [-0.1, -0.05) is 27.7 Å². The minimum absolute atomic E-state index is 0.164. The maximum Gasteiger partial charge on any atom is 0.108 e. The van der Waals surface area contributed by atoms with E-state index in [0.717, 1.165) is 25.4 Å². The Morgan fingerprint density at radius 2 is 2.13 bits per heavy atom. The maximum absolute atomic E-state index is 7.57. The van der Waals surface area contributed by atoms with Crippen molar-refractivity contribution in [3.63, 3.8) is 0 Å². The fourth-order valence-electron chi connectivity index (χ4n) is 2.45. The average molecular weight is 211 g/mol. The Balaban J connectivity index is 2.59. The average Bonchev–Trinajstić information content (AvgIpc) is 2.52. The standard InChI is InChI=1S/C12H25N3/c1-5-10(11(13)14)15-7-6-9(8-15)12(2,3)4/h9-10H,5-8H2,1-4H3,(H3,13,14). The van der Waals surface area contributed by atoms with Crippen molar-refractivity contribution in [2.75, 3.05) is 13.1 Å². The quantitative estimate of drug-likeness (QED) is 0.554. The topological polar surface area (TPSA) is 53.1 Å². The summed E-state index contributed by atoms with van der Waals surface area (Å²) >= 11 is 0. The van der Waals surface area contributed by atoms with Gasteiger partial charge in [0, 0.05) is 6.54 Å². The fraction of sp³-hybridized carbons (Fsp3) is 0.917. The van der Waals surface area contributed by atoms with Crippen molar-refractivity contribution in [2.45, 2.75) is 46.6 Å². The summed E-state index contributed by atoms with van der Waals surface area (Å²) in [6, 6.07) is 0.164. The van der Waals surface area contributed by atoms with E-state index in [1.807, 2.05) is 0 Å². The second kappa shape index (κ2) is 4.52. The Kier molecular flexibility index (Phi) is 3.77.